The number of hydrogen-bond donors (Lipinski definition) is 3. The van der Waals surface area contributed by atoms with Crippen LogP contribution in [-0.2, 0) is 6.42 Å². The number of nitrogens with one attached hydrogen (secondary N) is 1. The Bertz CT molecular complexity index is 644. The lowest BCUT2D eigenvalue weighted by molar-refractivity contribution is 0.100. The van der Waals surface area contributed by atoms with Crippen molar-refractivity contribution in [2.24, 2.45) is 5.73 Å². The predicted molar refractivity (Wildman–Crippen MR) is 92.6 cm³/mol. The van der Waals surface area contributed by atoms with E-state index in [2.05, 4.69) is 5.32 Å². The molecule has 0 aliphatic rings. The van der Waals surface area contributed by atoms with Gasteiger partial charge in [0, 0.05) is 17.1 Å². The summed E-state index contributed by atoms with van der Waals surface area (Å²) in [5, 5.41) is 13.9. The molecule has 0 bridgehead atoms. The summed E-state index contributed by atoms with van der Waals surface area (Å²) in [5.41, 5.74) is 7.70. The van der Waals surface area contributed by atoms with Gasteiger partial charge in [0.1, 0.15) is 0 Å². The molecule has 0 aliphatic heterocycles. The number of carbonyl (C=O) groups excluding carboxylic acids is 1. The van der Waals surface area contributed by atoms with Crippen LogP contribution < -0.4 is 11.1 Å². The number of aryl methyl sites for hydroxylation is 1. The average molecular weight is 333 g/mol. The smallest absolute Gasteiger partial charge is 0.248 e. The van der Waals surface area contributed by atoms with Gasteiger partial charge in [0.2, 0.25) is 5.91 Å². The van der Waals surface area contributed by atoms with Gasteiger partial charge in [0.05, 0.1) is 6.10 Å². The Hall–Kier alpha value is -1.88. The van der Waals surface area contributed by atoms with E-state index >= 15 is 0 Å². The molecule has 0 fully saturated rings. The lowest BCUT2D eigenvalue weighted by Crippen LogP contribution is -2.22. The number of halogens is 1. The van der Waals surface area contributed by atoms with E-state index in [-0.39, 0.29) is 0 Å². The van der Waals surface area contributed by atoms with Gasteiger partial charge in [0.25, 0.3) is 0 Å². The van der Waals surface area contributed by atoms with Crippen molar-refractivity contribution in [3.8, 4) is 0 Å². The summed E-state index contributed by atoms with van der Waals surface area (Å²) < 4.78 is 0. The number of nitrogens with two attached hydrogens (primary N) is 1. The van der Waals surface area contributed by atoms with Crippen LogP contribution >= 0.6 is 11.6 Å². The van der Waals surface area contributed by atoms with Crippen LogP contribution in [0, 0.1) is 0 Å². The third-order valence-corrected chi connectivity index (χ3v) is 3.86. The Morgan fingerprint density at radius 1 is 1.22 bits per heavy atom. The normalized spacial score (nSPS) is 12.1. The largest absolute Gasteiger partial charge is 0.387 e. The van der Waals surface area contributed by atoms with E-state index in [1.165, 1.54) is 0 Å². The second kappa shape index (κ2) is 8.67. The Morgan fingerprint density at radius 3 is 2.61 bits per heavy atom. The van der Waals surface area contributed by atoms with Gasteiger partial charge < -0.3 is 16.2 Å². The summed E-state index contributed by atoms with van der Waals surface area (Å²) in [4.78, 5) is 11.0. The van der Waals surface area contributed by atoms with Crippen molar-refractivity contribution in [1.82, 2.24) is 5.32 Å². The van der Waals surface area contributed by atoms with Crippen molar-refractivity contribution >= 4 is 17.5 Å². The molecule has 4 nitrogen and oxygen atoms in total. The molecule has 0 aliphatic carbocycles. The Kier molecular flexibility index (Phi) is 6.59. The lowest BCUT2D eigenvalue weighted by atomic mass is 10.1. The number of aliphatic hydroxyl groups is 1. The minimum absolute atomic E-state index is 0.409. The zero-order valence-corrected chi connectivity index (χ0v) is 13.6. The molecule has 0 radical (unpaired) electrons. The molecule has 5 heteroatoms. The number of carbonyl (C=O) groups is 1. The molecule has 2 aromatic rings. The van der Waals surface area contributed by atoms with Crippen LogP contribution in [0.1, 0.15) is 34.0 Å². The van der Waals surface area contributed by atoms with Gasteiger partial charge in [0.15, 0.2) is 0 Å². The van der Waals surface area contributed by atoms with E-state index in [1.807, 2.05) is 24.3 Å². The monoisotopic (exact) mass is 332 g/mol. The first-order valence-electron chi connectivity index (χ1n) is 7.59. The second-order valence-corrected chi connectivity index (χ2v) is 5.88. The highest BCUT2D eigenvalue weighted by Gasteiger charge is 2.07. The van der Waals surface area contributed by atoms with E-state index in [0.717, 1.165) is 30.5 Å². The van der Waals surface area contributed by atoms with Crippen LogP contribution in [-0.4, -0.2) is 24.1 Å². The molecule has 1 amide bonds. The summed E-state index contributed by atoms with van der Waals surface area (Å²) in [7, 11) is 0. The van der Waals surface area contributed by atoms with Gasteiger partial charge in [-0.15, -0.1) is 0 Å². The van der Waals surface area contributed by atoms with Gasteiger partial charge in [-0.2, -0.15) is 0 Å². The zero-order valence-electron chi connectivity index (χ0n) is 12.8. The number of hydrogen-bond acceptors (Lipinski definition) is 3. The fraction of sp³-hybridized carbons (Fsp3) is 0.278. The van der Waals surface area contributed by atoms with Crippen molar-refractivity contribution in [3.63, 3.8) is 0 Å². The van der Waals surface area contributed by atoms with E-state index in [0.29, 0.717) is 17.1 Å². The first-order valence-corrected chi connectivity index (χ1v) is 7.97. The molecule has 1 unspecified atom stereocenters. The van der Waals surface area contributed by atoms with E-state index in [9.17, 15) is 9.90 Å². The molecule has 0 heterocycles. The summed E-state index contributed by atoms with van der Waals surface area (Å²) in [6.45, 7) is 1.29. The summed E-state index contributed by atoms with van der Waals surface area (Å²) in [6.07, 6.45) is 1.28. The first kappa shape index (κ1) is 17.5. The highest BCUT2D eigenvalue weighted by atomic mass is 35.5. The third kappa shape index (κ3) is 5.67. The van der Waals surface area contributed by atoms with Crippen LogP contribution in [0.4, 0.5) is 0 Å². The maximum absolute atomic E-state index is 11.0. The minimum Gasteiger partial charge on any atom is -0.387 e. The van der Waals surface area contributed by atoms with E-state index in [4.69, 9.17) is 17.3 Å². The Balaban J connectivity index is 1.68. The van der Waals surface area contributed by atoms with Gasteiger partial charge in [-0.05, 0) is 54.8 Å². The van der Waals surface area contributed by atoms with Crippen molar-refractivity contribution in [2.45, 2.75) is 18.9 Å². The van der Waals surface area contributed by atoms with Crippen LogP contribution in [0.15, 0.2) is 48.5 Å². The fourth-order valence-corrected chi connectivity index (χ4v) is 2.52. The molecule has 4 N–H and O–H groups in total. The van der Waals surface area contributed by atoms with Crippen molar-refractivity contribution in [2.75, 3.05) is 13.1 Å². The third-order valence-electron chi connectivity index (χ3n) is 3.63. The fourth-order valence-electron chi connectivity index (χ4n) is 2.32. The summed E-state index contributed by atoms with van der Waals surface area (Å²) in [5.74, 6) is -0.409. The highest BCUT2D eigenvalue weighted by Crippen LogP contribution is 2.17. The molecular formula is C18H21ClN2O2. The SMILES string of the molecule is NC(=O)c1ccc(CCCNCC(O)c2cccc(Cl)c2)cc1. The summed E-state index contributed by atoms with van der Waals surface area (Å²) >= 11 is 5.91. The van der Waals surface area contributed by atoms with Crippen LogP contribution in [0.25, 0.3) is 0 Å². The predicted octanol–water partition coefficient (Wildman–Crippen LogP) is 2.69. The second-order valence-electron chi connectivity index (χ2n) is 5.44. The standard InChI is InChI=1S/C18H21ClN2O2/c19-16-5-1-4-15(11-16)17(22)12-21-10-2-3-13-6-8-14(9-7-13)18(20)23/h1,4-9,11,17,21-22H,2-3,10,12H2,(H2,20,23). The van der Waals surface area contributed by atoms with Gasteiger partial charge >= 0.3 is 0 Å². The number of amides is 1. The molecule has 122 valence electrons. The lowest BCUT2D eigenvalue weighted by Gasteiger charge is -2.12. The van der Waals surface area contributed by atoms with Gasteiger partial charge in [-0.3, -0.25) is 4.79 Å². The van der Waals surface area contributed by atoms with Crippen LogP contribution in [0.3, 0.4) is 0 Å². The molecule has 0 saturated heterocycles. The van der Waals surface area contributed by atoms with Crippen molar-refractivity contribution in [3.05, 3.63) is 70.2 Å². The van der Waals surface area contributed by atoms with Crippen molar-refractivity contribution < 1.29 is 9.90 Å². The van der Waals surface area contributed by atoms with Crippen molar-refractivity contribution in [1.29, 1.82) is 0 Å². The highest BCUT2D eigenvalue weighted by molar-refractivity contribution is 6.30. The molecule has 2 rings (SSSR count). The van der Waals surface area contributed by atoms with E-state index in [1.54, 1.807) is 24.3 Å². The zero-order chi connectivity index (χ0) is 16.7. The van der Waals surface area contributed by atoms with Crippen LogP contribution in [0.2, 0.25) is 5.02 Å². The topological polar surface area (TPSA) is 75.4 Å². The number of benzene rings is 2. The molecule has 0 spiro atoms. The Morgan fingerprint density at radius 2 is 1.96 bits per heavy atom. The maximum Gasteiger partial charge on any atom is 0.248 e. The molecule has 2 aromatic carbocycles. The molecule has 0 aromatic heterocycles. The quantitative estimate of drug-likeness (QED) is 0.651. The van der Waals surface area contributed by atoms with Crippen LogP contribution in [0.5, 0.6) is 0 Å². The first-order chi connectivity index (χ1) is 11.1. The molecular weight excluding hydrogens is 312 g/mol. The molecule has 1 atom stereocenters. The minimum atomic E-state index is -0.566. The average Bonchev–Trinajstić information content (AvgIpc) is 2.54. The molecule has 23 heavy (non-hydrogen) atoms. The van der Waals surface area contributed by atoms with Gasteiger partial charge in [-0.25, -0.2) is 0 Å². The molecule has 0 saturated carbocycles. The number of primary amides is 1. The number of aliphatic hydroxyl groups excluding tert-OH is 1. The Labute approximate surface area is 141 Å². The van der Waals surface area contributed by atoms with Gasteiger partial charge in [-0.1, -0.05) is 35.9 Å². The van der Waals surface area contributed by atoms with E-state index < -0.39 is 12.0 Å². The maximum atomic E-state index is 11.0. The number of rotatable bonds is 8. The summed E-state index contributed by atoms with van der Waals surface area (Å²) in [6, 6.07) is 14.6.